The molecule has 1 aromatic carbocycles. The lowest BCUT2D eigenvalue weighted by Gasteiger charge is -2.03. The van der Waals surface area contributed by atoms with Crippen molar-refractivity contribution < 1.29 is 9.18 Å². The highest BCUT2D eigenvalue weighted by molar-refractivity contribution is 6.33. The normalized spacial score (nSPS) is 9.50. The molecule has 0 heterocycles. The van der Waals surface area contributed by atoms with Gasteiger partial charge >= 0.3 is 6.03 Å². The lowest BCUT2D eigenvalue weighted by atomic mass is 10.3. The second kappa shape index (κ2) is 3.40. The SMILES string of the molecule is NC(=O)Nc1cccc(F)c1Cl. The van der Waals surface area contributed by atoms with Crippen molar-refractivity contribution >= 4 is 23.3 Å². The zero-order valence-corrected chi connectivity index (χ0v) is 6.73. The maximum Gasteiger partial charge on any atom is 0.316 e. The third kappa shape index (κ3) is 1.85. The number of hydrogen-bond donors (Lipinski definition) is 2. The number of carbonyl (C=O) groups excluding carboxylic acids is 1. The molecule has 1 aromatic rings. The minimum Gasteiger partial charge on any atom is -0.351 e. The van der Waals surface area contributed by atoms with Gasteiger partial charge in [0, 0.05) is 0 Å². The maximum atomic E-state index is 12.7. The predicted molar refractivity (Wildman–Crippen MR) is 44.6 cm³/mol. The van der Waals surface area contributed by atoms with Crippen LogP contribution in [0.5, 0.6) is 0 Å². The van der Waals surface area contributed by atoms with Crippen molar-refractivity contribution in [3.8, 4) is 0 Å². The molecule has 0 aromatic heterocycles. The molecule has 0 unspecified atom stereocenters. The molecule has 0 aliphatic rings. The molecule has 1 rings (SSSR count). The van der Waals surface area contributed by atoms with Crippen LogP contribution in [0.3, 0.4) is 0 Å². The van der Waals surface area contributed by atoms with Crippen molar-refractivity contribution in [2.75, 3.05) is 5.32 Å². The van der Waals surface area contributed by atoms with Gasteiger partial charge in [0.05, 0.1) is 10.7 Å². The van der Waals surface area contributed by atoms with Gasteiger partial charge in [-0.1, -0.05) is 17.7 Å². The highest BCUT2D eigenvalue weighted by Crippen LogP contribution is 2.23. The Balaban J connectivity index is 3.00. The number of nitrogens with two attached hydrogens (primary N) is 1. The number of carbonyl (C=O) groups is 1. The highest BCUT2D eigenvalue weighted by Gasteiger charge is 2.05. The molecule has 3 N–H and O–H groups in total. The van der Waals surface area contributed by atoms with Gasteiger partial charge in [-0.3, -0.25) is 0 Å². The summed E-state index contributed by atoms with van der Waals surface area (Å²) in [6, 6.07) is 3.29. The second-order valence-corrected chi connectivity index (χ2v) is 2.47. The van der Waals surface area contributed by atoms with E-state index in [1.54, 1.807) is 0 Å². The molecular formula is C7H6ClFN2O. The van der Waals surface area contributed by atoms with Gasteiger partial charge in [0.2, 0.25) is 0 Å². The Kier molecular flexibility index (Phi) is 2.50. The summed E-state index contributed by atoms with van der Waals surface area (Å²) in [5.74, 6) is -0.595. The van der Waals surface area contributed by atoms with Gasteiger partial charge in [0.1, 0.15) is 5.82 Å². The van der Waals surface area contributed by atoms with Crippen LogP contribution in [0.25, 0.3) is 0 Å². The maximum absolute atomic E-state index is 12.7. The lowest BCUT2D eigenvalue weighted by Crippen LogP contribution is -2.19. The fourth-order valence-corrected chi connectivity index (χ4v) is 0.906. The molecule has 12 heavy (non-hydrogen) atoms. The molecule has 2 amide bonds. The van der Waals surface area contributed by atoms with Crippen LogP contribution in [0.2, 0.25) is 5.02 Å². The summed E-state index contributed by atoms with van der Waals surface area (Å²) in [6.07, 6.45) is 0. The van der Waals surface area contributed by atoms with E-state index in [4.69, 9.17) is 17.3 Å². The molecular weight excluding hydrogens is 183 g/mol. The first kappa shape index (κ1) is 8.80. The number of urea groups is 1. The van der Waals surface area contributed by atoms with E-state index < -0.39 is 11.8 Å². The summed E-state index contributed by atoms with van der Waals surface area (Å²) in [5.41, 5.74) is 4.98. The molecule has 0 aliphatic carbocycles. The molecule has 0 saturated heterocycles. The Morgan fingerprint density at radius 2 is 2.25 bits per heavy atom. The van der Waals surface area contributed by atoms with Crippen LogP contribution in [-0.2, 0) is 0 Å². The number of primary amides is 1. The van der Waals surface area contributed by atoms with Gasteiger partial charge in [-0.05, 0) is 12.1 Å². The van der Waals surface area contributed by atoms with E-state index in [-0.39, 0.29) is 10.7 Å². The Morgan fingerprint density at radius 3 is 2.83 bits per heavy atom. The predicted octanol–water partition coefficient (Wildman–Crippen LogP) is 1.97. The first-order valence-corrected chi connectivity index (χ1v) is 3.49. The third-order valence-corrected chi connectivity index (χ3v) is 1.59. The largest absolute Gasteiger partial charge is 0.351 e. The number of benzene rings is 1. The Hall–Kier alpha value is -1.29. The van der Waals surface area contributed by atoms with Gasteiger partial charge in [0.15, 0.2) is 0 Å². The molecule has 0 radical (unpaired) electrons. The van der Waals surface area contributed by atoms with E-state index in [1.807, 2.05) is 0 Å². The molecule has 5 heteroatoms. The first-order valence-electron chi connectivity index (χ1n) is 3.11. The molecule has 0 spiro atoms. The number of amides is 2. The molecule has 0 bridgehead atoms. The smallest absolute Gasteiger partial charge is 0.316 e. The van der Waals surface area contributed by atoms with Crippen LogP contribution < -0.4 is 11.1 Å². The first-order chi connectivity index (χ1) is 5.61. The van der Waals surface area contributed by atoms with Crippen molar-refractivity contribution in [3.63, 3.8) is 0 Å². The van der Waals surface area contributed by atoms with Crippen LogP contribution in [-0.4, -0.2) is 6.03 Å². The average Bonchev–Trinajstić information content (AvgIpc) is 1.98. The van der Waals surface area contributed by atoms with Crippen molar-refractivity contribution in [1.29, 1.82) is 0 Å². The number of hydrogen-bond acceptors (Lipinski definition) is 1. The van der Waals surface area contributed by atoms with E-state index >= 15 is 0 Å². The molecule has 0 fully saturated rings. The van der Waals surface area contributed by atoms with Crippen LogP contribution >= 0.6 is 11.6 Å². The van der Waals surface area contributed by atoms with Crippen LogP contribution in [0, 0.1) is 5.82 Å². The zero-order valence-electron chi connectivity index (χ0n) is 5.97. The van der Waals surface area contributed by atoms with Gasteiger partial charge in [0.25, 0.3) is 0 Å². The van der Waals surface area contributed by atoms with Crippen molar-refractivity contribution in [3.05, 3.63) is 29.0 Å². The summed E-state index contributed by atoms with van der Waals surface area (Å²) < 4.78 is 12.7. The summed E-state index contributed by atoms with van der Waals surface area (Å²) in [6.45, 7) is 0. The van der Waals surface area contributed by atoms with E-state index in [1.165, 1.54) is 18.2 Å². The van der Waals surface area contributed by atoms with Crippen LogP contribution in [0.15, 0.2) is 18.2 Å². The summed E-state index contributed by atoms with van der Waals surface area (Å²) in [7, 11) is 0. The standard InChI is InChI=1S/C7H6ClFN2O/c8-6-4(9)2-1-3-5(6)11-7(10)12/h1-3H,(H3,10,11,12). The molecule has 3 nitrogen and oxygen atoms in total. The van der Waals surface area contributed by atoms with Gasteiger partial charge in [-0.25, -0.2) is 9.18 Å². The monoisotopic (exact) mass is 188 g/mol. The minimum absolute atomic E-state index is 0.142. The lowest BCUT2D eigenvalue weighted by molar-refractivity contribution is 0.259. The summed E-state index contributed by atoms with van der Waals surface area (Å²) in [4.78, 5) is 10.4. The van der Waals surface area contributed by atoms with Crippen molar-refractivity contribution in [1.82, 2.24) is 0 Å². The van der Waals surface area contributed by atoms with Crippen LogP contribution in [0.1, 0.15) is 0 Å². The van der Waals surface area contributed by atoms with Crippen molar-refractivity contribution in [2.45, 2.75) is 0 Å². The Labute approximate surface area is 73.3 Å². The van der Waals surface area contributed by atoms with Gasteiger partial charge < -0.3 is 11.1 Å². The summed E-state index contributed by atoms with van der Waals surface area (Å²) >= 11 is 5.49. The average molecular weight is 189 g/mol. The van der Waals surface area contributed by atoms with E-state index in [0.717, 1.165) is 0 Å². The zero-order chi connectivity index (χ0) is 9.14. The fraction of sp³-hybridized carbons (Fsp3) is 0. The number of anilines is 1. The topological polar surface area (TPSA) is 55.1 Å². The number of halogens is 2. The van der Waals surface area contributed by atoms with Gasteiger partial charge in [-0.2, -0.15) is 0 Å². The second-order valence-electron chi connectivity index (χ2n) is 2.09. The Morgan fingerprint density at radius 1 is 1.58 bits per heavy atom. The van der Waals surface area contributed by atoms with Crippen LogP contribution in [0.4, 0.5) is 14.9 Å². The molecule has 0 aliphatic heterocycles. The quantitative estimate of drug-likeness (QED) is 0.696. The van der Waals surface area contributed by atoms with E-state index in [9.17, 15) is 9.18 Å². The highest BCUT2D eigenvalue weighted by atomic mass is 35.5. The number of nitrogens with one attached hydrogen (secondary N) is 1. The fourth-order valence-electron chi connectivity index (χ4n) is 0.733. The molecule has 0 saturated carbocycles. The Bertz CT molecular complexity index is 316. The summed E-state index contributed by atoms with van der Waals surface area (Å²) in [5, 5.41) is 2.04. The third-order valence-electron chi connectivity index (χ3n) is 1.21. The van der Waals surface area contributed by atoms with Crippen molar-refractivity contribution in [2.24, 2.45) is 5.73 Å². The number of rotatable bonds is 1. The van der Waals surface area contributed by atoms with Gasteiger partial charge in [-0.15, -0.1) is 0 Å². The molecule has 64 valence electrons. The minimum atomic E-state index is -0.775. The van der Waals surface area contributed by atoms with E-state index in [0.29, 0.717) is 0 Å². The molecule has 0 atom stereocenters. The van der Waals surface area contributed by atoms with E-state index in [2.05, 4.69) is 5.32 Å².